The highest BCUT2D eigenvalue weighted by Gasteiger charge is 2.37. The van der Waals surface area contributed by atoms with Crippen LogP contribution >= 0.6 is 0 Å². The molecule has 1 aromatic rings. The van der Waals surface area contributed by atoms with E-state index in [2.05, 4.69) is 19.1 Å². The number of ether oxygens (including phenoxy) is 1. The van der Waals surface area contributed by atoms with Gasteiger partial charge in [0.1, 0.15) is 5.60 Å². The molecule has 2 unspecified atom stereocenters. The third-order valence-corrected chi connectivity index (χ3v) is 3.92. The van der Waals surface area contributed by atoms with Crippen molar-refractivity contribution in [3.05, 3.63) is 35.4 Å². The number of aliphatic hydroxyl groups is 1. The van der Waals surface area contributed by atoms with Gasteiger partial charge in [0, 0.05) is 31.5 Å². The number of amides is 1. The summed E-state index contributed by atoms with van der Waals surface area (Å²) < 4.78 is 5.43. The van der Waals surface area contributed by atoms with Gasteiger partial charge in [0.25, 0.3) is 0 Å². The van der Waals surface area contributed by atoms with E-state index in [9.17, 15) is 9.90 Å². The molecule has 1 amide bonds. The van der Waals surface area contributed by atoms with Crippen molar-refractivity contribution in [2.24, 2.45) is 5.92 Å². The van der Waals surface area contributed by atoms with Crippen LogP contribution in [0.25, 0.3) is 0 Å². The Bertz CT molecular complexity index is 507. The van der Waals surface area contributed by atoms with Gasteiger partial charge < -0.3 is 14.7 Å². The number of aryl methyl sites for hydroxylation is 1. The molecule has 1 N–H and O–H groups in total. The lowest BCUT2D eigenvalue weighted by Gasteiger charge is -2.24. The van der Waals surface area contributed by atoms with Crippen molar-refractivity contribution in [1.82, 2.24) is 4.90 Å². The summed E-state index contributed by atoms with van der Waals surface area (Å²) in [6.07, 6.45) is -0.294. The Kier molecular flexibility index (Phi) is 4.57. The van der Waals surface area contributed by atoms with E-state index in [4.69, 9.17) is 4.74 Å². The molecule has 0 bridgehead atoms. The predicted molar refractivity (Wildman–Crippen MR) is 82.3 cm³/mol. The summed E-state index contributed by atoms with van der Waals surface area (Å²) >= 11 is 0. The molecule has 1 aliphatic rings. The Morgan fingerprint density at radius 1 is 1.33 bits per heavy atom. The maximum Gasteiger partial charge on any atom is 0.410 e. The molecule has 2 atom stereocenters. The molecule has 0 aliphatic carbocycles. The standard InChI is InChI=1S/C17H25NO3/c1-12-7-5-6-8-14(12)15-10-18(9-13(15)11-19)16(20)21-17(2,3)4/h5-8,13,15,19H,9-11H2,1-4H3. The van der Waals surface area contributed by atoms with Crippen molar-refractivity contribution in [3.8, 4) is 0 Å². The second-order valence-electron chi connectivity index (χ2n) is 6.79. The summed E-state index contributed by atoms with van der Waals surface area (Å²) in [6, 6.07) is 8.17. The number of carbonyl (C=O) groups is 1. The molecule has 0 spiro atoms. The van der Waals surface area contributed by atoms with E-state index in [-0.39, 0.29) is 24.5 Å². The zero-order valence-electron chi connectivity index (χ0n) is 13.3. The minimum Gasteiger partial charge on any atom is -0.444 e. The van der Waals surface area contributed by atoms with Gasteiger partial charge in [0.15, 0.2) is 0 Å². The quantitative estimate of drug-likeness (QED) is 0.911. The Hall–Kier alpha value is -1.55. The predicted octanol–water partition coefficient (Wildman–Crippen LogP) is 2.94. The van der Waals surface area contributed by atoms with Crippen molar-refractivity contribution in [2.75, 3.05) is 19.7 Å². The molecule has 1 saturated heterocycles. The van der Waals surface area contributed by atoms with Crippen LogP contribution in [0.3, 0.4) is 0 Å². The van der Waals surface area contributed by atoms with Crippen LogP contribution in [0.5, 0.6) is 0 Å². The van der Waals surface area contributed by atoms with E-state index in [0.29, 0.717) is 13.1 Å². The van der Waals surface area contributed by atoms with Crippen LogP contribution in [0.15, 0.2) is 24.3 Å². The lowest BCUT2D eigenvalue weighted by Crippen LogP contribution is -2.35. The van der Waals surface area contributed by atoms with E-state index >= 15 is 0 Å². The highest BCUT2D eigenvalue weighted by atomic mass is 16.6. The molecule has 0 saturated carbocycles. The largest absolute Gasteiger partial charge is 0.444 e. The summed E-state index contributed by atoms with van der Waals surface area (Å²) in [6.45, 7) is 8.89. The molecule has 1 fully saturated rings. The third kappa shape index (κ3) is 3.76. The minimum atomic E-state index is -0.494. The molecule has 0 radical (unpaired) electrons. The molecule has 0 aromatic heterocycles. The fourth-order valence-corrected chi connectivity index (χ4v) is 2.89. The van der Waals surface area contributed by atoms with Crippen molar-refractivity contribution in [1.29, 1.82) is 0 Å². The first-order valence-electron chi connectivity index (χ1n) is 7.46. The second kappa shape index (κ2) is 6.06. The molecule has 116 valence electrons. The van der Waals surface area contributed by atoms with Gasteiger partial charge in [-0.15, -0.1) is 0 Å². The lowest BCUT2D eigenvalue weighted by molar-refractivity contribution is 0.0283. The van der Waals surface area contributed by atoms with Crippen LogP contribution in [-0.2, 0) is 4.74 Å². The second-order valence-corrected chi connectivity index (χ2v) is 6.79. The lowest BCUT2D eigenvalue weighted by atomic mass is 9.87. The van der Waals surface area contributed by atoms with Crippen LogP contribution in [0.2, 0.25) is 0 Å². The fourth-order valence-electron chi connectivity index (χ4n) is 2.89. The number of hydrogen-bond donors (Lipinski definition) is 1. The summed E-state index contributed by atoms with van der Waals surface area (Å²) in [4.78, 5) is 13.9. The zero-order chi connectivity index (χ0) is 15.6. The molecule has 1 aromatic carbocycles. The fraction of sp³-hybridized carbons (Fsp3) is 0.588. The van der Waals surface area contributed by atoms with Crippen LogP contribution < -0.4 is 0 Å². The molecule has 2 rings (SSSR count). The van der Waals surface area contributed by atoms with Crippen molar-refractivity contribution < 1.29 is 14.6 Å². The first-order chi connectivity index (χ1) is 9.81. The smallest absolute Gasteiger partial charge is 0.410 e. The first kappa shape index (κ1) is 15.8. The van der Waals surface area contributed by atoms with Gasteiger partial charge in [0.05, 0.1) is 0 Å². The van der Waals surface area contributed by atoms with Crippen molar-refractivity contribution in [2.45, 2.75) is 39.2 Å². The van der Waals surface area contributed by atoms with Gasteiger partial charge in [0.2, 0.25) is 0 Å². The number of aliphatic hydroxyl groups excluding tert-OH is 1. The molecule has 1 aliphatic heterocycles. The normalized spacial score (nSPS) is 22.4. The maximum atomic E-state index is 12.2. The highest BCUT2D eigenvalue weighted by molar-refractivity contribution is 5.68. The van der Waals surface area contributed by atoms with Gasteiger partial charge in [-0.3, -0.25) is 0 Å². The SMILES string of the molecule is Cc1ccccc1C1CN(C(=O)OC(C)(C)C)CC1CO. The average Bonchev–Trinajstić information content (AvgIpc) is 2.81. The summed E-state index contributed by atoms with van der Waals surface area (Å²) in [7, 11) is 0. The maximum absolute atomic E-state index is 12.2. The minimum absolute atomic E-state index is 0.0682. The Labute approximate surface area is 126 Å². The molecule has 4 heteroatoms. The monoisotopic (exact) mass is 291 g/mol. The molecule has 4 nitrogen and oxygen atoms in total. The van der Waals surface area contributed by atoms with Crippen LogP contribution in [-0.4, -0.2) is 41.4 Å². The van der Waals surface area contributed by atoms with Crippen molar-refractivity contribution in [3.63, 3.8) is 0 Å². The number of hydrogen-bond acceptors (Lipinski definition) is 3. The topological polar surface area (TPSA) is 49.8 Å². The van der Waals surface area contributed by atoms with Gasteiger partial charge >= 0.3 is 6.09 Å². The number of benzene rings is 1. The summed E-state index contributed by atoms with van der Waals surface area (Å²) in [5, 5.41) is 9.64. The van der Waals surface area contributed by atoms with E-state index < -0.39 is 5.60 Å². The molecule has 1 heterocycles. The van der Waals surface area contributed by atoms with Crippen molar-refractivity contribution >= 4 is 6.09 Å². The molecular weight excluding hydrogens is 266 g/mol. The van der Waals surface area contributed by atoms with E-state index in [1.54, 1.807) is 4.90 Å². The van der Waals surface area contributed by atoms with Crippen LogP contribution in [0, 0.1) is 12.8 Å². The third-order valence-electron chi connectivity index (χ3n) is 3.92. The molecule has 21 heavy (non-hydrogen) atoms. The summed E-state index contributed by atoms with van der Waals surface area (Å²) in [5.41, 5.74) is 1.92. The van der Waals surface area contributed by atoms with E-state index in [0.717, 1.165) is 0 Å². The molecular formula is C17H25NO3. The number of likely N-dealkylation sites (tertiary alicyclic amines) is 1. The Morgan fingerprint density at radius 2 is 2.00 bits per heavy atom. The van der Waals surface area contributed by atoms with Gasteiger partial charge in [-0.2, -0.15) is 0 Å². The van der Waals surface area contributed by atoms with E-state index in [1.807, 2.05) is 32.9 Å². The van der Waals surface area contributed by atoms with Gasteiger partial charge in [-0.05, 0) is 38.8 Å². The van der Waals surface area contributed by atoms with E-state index in [1.165, 1.54) is 11.1 Å². The first-order valence-corrected chi connectivity index (χ1v) is 7.46. The number of carbonyl (C=O) groups excluding carboxylic acids is 1. The zero-order valence-corrected chi connectivity index (χ0v) is 13.3. The number of rotatable bonds is 2. The van der Waals surface area contributed by atoms with Gasteiger partial charge in [-0.25, -0.2) is 4.79 Å². The average molecular weight is 291 g/mol. The summed E-state index contributed by atoms with van der Waals surface area (Å²) in [5.74, 6) is 0.238. The Morgan fingerprint density at radius 3 is 2.57 bits per heavy atom. The van der Waals surface area contributed by atoms with Crippen LogP contribution in [0.4, 0.5) is 4.79 Å². The van der Waals surface area contributed by atoms with Crippen LogP contribution in [0.1, 0.15) is 37.8 Å². The van der Waals surface area contributed by atoms with Gasteiger partial charge in [-0.1, -0.05) is 24.3 Å². The Balaban J connectivity index is 2.15. The highest BCUT2D eigenvalue weighted by Crippen LogP contribution is 2.34. The number of nitrogens with zero attached hydrogens (tertiary/aromatic N) is 1.